The molecule has 1 amide bonds. The van der Waals surface area contributed by atoms with Crippen molar-refractivity contribution in [3.8, 4) is 0 Å². The summed E-state index contributed by atoms with van der Waals surface area (Å²) in [5.74, 6) is 0.193. The Morgan fingerprint density at radius 1 is 1.45 bits per heavy atom. The summed E-state index contributed by atoms with van der Waals surface area (Å²) in [6.45, 7) is 2.69. The van der Waals surface area contributed by atoms with Crippen molar-refractivity contribution in [1.29, 1.82) is 0 Å². The van der Waals surface area contributed by atoms with Gasteiger partial charge in [0.15, 0.2) is 0 Å². The second-order valence-corrected chi connectivity index (χ2v) is 5.93. The molecule has 0 aromatic heterocycles. The molecule has 5 heteroatoms. The second-order valence-electron chi connectivity index (χ2n) is 5.93. The minimum atomic E-state index is -0.665. The van der Waals surface area contributed by atoms with E-state index in [4.69, 9.17) is 11.5 Å². The second kappa shape index (κ2) is 5.71. The lowest BCUT2D eigenvalue weighted by Gasteiger charge is -2.35. The minimum absolute atomic E-state index is 0.387. The number of carbonyl (C=O) groups is 1. The fourth-order valence-electron chi connectivity index (χ4n) is 2.61. The van der Waals surface area contributed by atoms with Crippen LogP contribution in [0.4, 0.5) is 11.4 Å². The molecule has 0 heterocycles. The monoisotopic (exact) mass is 277 g/mol. The van der Waals surface area contributed by atoms with E-state index in [2.05, 4.69) is 12.2 Å². The predicted octanol–water partition coefficient (Wildman–Crippen LogP) is 1.72. The SMILES string of the molecule is CC1CCC(O)(CNc2ccc(C(N)=O)cc2N)CC1. The van der Waals surface area contributed by atoms with Gasteiger partial charge in [0.1, 0.15) is 0 Å². The van der Waals surface area contributed by atoms with E-state index in [1.54, 1.807) is 18.2 Å². The number of anilines is 2. The lowest BCUT2D eigenvalue weighted by Crippen LogP contribution is -2.40. The summed E-state index contributed by atoms with van der Waals surface area (Å²) in [7, 11) is 0. The maximum Gasteiger partial charge on any atom is 0.248 e. The zero-order valence-corrected chi connectivity index (χ0v) is 11.9. The van der Waals surface area contributed by atoms with Gasteiger partial charge < -0.3 is 21.9 Å². The van der Waals surface area contributed by atoms with Crippen molar-refractivity contribution in [1.82, 2.24) is 0 Å². The Balaban J connectivity index is 1.99. The Labute approximate surface area is 119 Å². The molecule has 1 aliphatic rings. The van der Waals surface area contributed by atoms with Crippen molar-refractivity contribution < 1.29 is 9.90 Å². The van der Waals surface area contributed by atoms with Gasteiger partial charge in [0.25, 0.3) is 0 Å². The quantitative estimate of drug-likeness (QED) is 0.629. The number of benzene rings is 1. The van der Waals surface area contributed by atoms with Gasteiger partial charge in [-0.3, -0.25) is 4.79 Å². The van der Waals surface area contributed by atoms with Crippen LogP contribution in [0.5, 0.6) is 0 Å². The van der Waals surface area contributed by atoms with Crippen LogP contribution in [0.2, 0.25) is 0 Å². The molecule has 110 valence electrons. The van der Waals surface area contributed by atoms with Crippen LogP contribution in [0.3, 0.4) is 0 Å². The van der Waals surface area contributed by atoms with Gasteiger partial charge in [0.2, 0.25) is 5.91 Å². The van der Waals surface area contributed by atoms with Crippen molar-refractivity contribution >= 4 is 17.3 Å². The number of primary amides is 1. The zero-order valence-electron chi connectivity index (χ0n) is 11.9. The molecule has 2 rings (SSSR count). The molecule has 1 fully saturated rings. The van der Waals surface area contributed by atoms with Crippen LogP contribution in [-0.2, 0) is 0 Å². The summed E-state index contributed by atoms with van der Waals surface area (Å²) in [5.41, 5.74) is 12.0. The number of nitrogens with one attached hydrogen (secondary N) is 1. The lowest BCUT2D eigenvalue weighted by molar-refractivity contribution is 0.00502. The fraction of sp³-hybridized carbons (Fsp3) is 0.533. The molecular formula is C15H23N3O2. The third-order valence-electron chi connectivity index (χ3n) is 4.15. The van der Waals surface area contributed by atoms with Gasteiger partial charge >= 0.3 is 0 Å². The zero-order chi connectivity index (χ0) is 14.8. The summed E-state index contributed by atoms with van der Waals surface area (Å²) in [4.78, 5) is 11.1. The van der Waals surface area contributed by atoms with Gasteiger partial charge in [0.05, 0.1) is 17.0 Å². The van der Waals surface area contributed by atoms with E-state index >= 15 is 0 Å². The number of nitrogen functional groups attached to an aromatic ring is 1. The minimum Gasteiger partial charge on any atom is -0.397 e. The first-order chi connectivity index (χ1) is 9.39. The molecule has 0 unspecified atom stereocenters. The maximum atomic E-state index is 11.1. The molecule has 6 N–H and O–H groups in total. The van der Waals surface area contributed by atoms with Gasteiger partial charge in [0, 0.05) is 12.1 Å². The molecule has 1 aromatic rings. The molecule has 1 aliphatic carbocycles. The van der Waals surface area contributed by atoms with Crippen LogP contribution in [0.25, 0.3) is 0 Å². The van der Waals surface area contributed by atoms with Gasteiger partial charge in [-0.2, -0.15) is 0 Å². The van der Waals surface area contributed by atoms with Gasteiger partial charge in [-0.25, -0.2) is 0 Å². The van der Waals surface area contributed by atoms with Crippen molar-refractivity contribution in [3.63, 3.8) is 0 Å². The van der Waals surface area contributed by atoms with E-state index < -0.39 is 11.5 Å². The molecule has 0 radical (unpaired) electrons. The van der Waals surface area contributed by atoms with Crippen LogP contribution >= 0.6 is 0 Å². The van der Waals surface area contributed by atoms with Crippen molar-refractivity contribution in [2.75, 3.05) is 17.6 Å². The summed E-state index contributed by atoms with van der Waals surface area (Å²) in [6, 6.07) is 4.91. The Kier molecular flexibility index (Phi) is 4.18. The Bertz CT molecular complexity index is 494. The highest BCUT2D eigenvalue weighted by atomic mass is 16.3. The molecular weight excluding hydrogens is 254 g/mol. The molecule has 20 heavy (non-hydrogen) atoms. The Hall–Kier alpha value is -1.75. The van der Waals surface area contributed by atoms with E-state index in [0.29, 0.717) is 23.7 Å². The maximum absolute atomic E-state index is 11.1. The highest BCUT2D eigenvalue weighted by Crippen LogP contribution is 2.32. The van der Waals surface area contributed by atoms with E-state index in [1.807, 2.05) is 0 Å². The first-order valence-electron chi connectivity index (χ1n) is 7.05. The van der Waals surface area contributed by atoms with E-state index in [9.17, 15) is 9.90 Å². The van der Waals surface area contributed by atoms with E-state index in [1.165, 1.54) is 0 Å². The largest absolute Gasteiger partial charge is 0.397 e. The number of aliphatic hydroxyl groups is 1. The summed E-state index contributed by atoms with van der Waals surface area (Å²) < 4.78 is 0. The molecule has 1 aromatic carbocycles. The van der Waals surface area contributed by atoms with Crippen molar-refractivity contribution in [2.45, 2.75) is 38.2 Å². The van der Waals surface area contributed by atoms with Crippen LogP contribution in [0.15, 0.2) is 18.2 Å². The summed E-state index contributed by atoms with van der Waals surface area (Å²) in [5, 5.41) is 13.7. The average molecular weight is 277 g/mol. The third-order valence-corrected chi connectivity index (χ3v) is 4.15. The number of nitrogens with two attached hydrogens (primary N) is 2. The van der Waals surface area contributed by atoms with Gasteiger partial charge in [-0.15, -0.1) is 0 Å². The van der Waals surface area contributed by atoms with Crippen LogP contribution in [-0.4, -0.2) is 23.2 Å². The molecule has 0 saturated heterocycles. The summed E-state index contributed by atoms with van der Waals surface area (Å²) >= 11 is 0. The third kappa shape index (κ3) is 3.42. The van der Waals surface area contributed by atoms with Gasteiger partial charge in [-0.05, 0) is 49.8 Å². The predicted molar refractivity (Wildman–Crippen MR) is 80.4 cm³/mol. The first-order valence-corrected chi connectivity index (χ1v) is 7.05. The molecule has 5 nitrogen and oxygen atoms in total. The highest BCUT2D eigenvalue weighted by molar-refractivity contribution is 5.94. The first kappa shape index (κ1) is 14.7. The standard InChI is InChI=1S/C15H23N3O2/c1-10-4-6-15(20,7-5-10)9-18-13-3-2-11(14(17)19)8-12(13)16/h2-3,8,10,18,20H,4-7,9,16H2,1H3,(H2,17,19). The highest BCUT2D eigenvalue weighted by Gasteiger charge is 2.31. The molecule has 0 bridgehead atoms. The fourth-order valence-corrected chi connectivity index (χ4v) is 2.61. The smallest absolute Gasteiger partial charge is 0.248 e. The Morgan fingerprint density at radius 3 is 2.65 bits per heavy atom. The van der Waals surface area contributed by atoms with Crippen molar-refractivity contribution in [3.05, 3.63) is 23.8 Å². The lowest BCUT2D eigenvalue weighted by atomic mass is 9.79. The number of hydrogen-bond donors (Lipinski definition) is 4. The van der Waals surface area contributed by atoms with E-state index in [-0.39, 0.29) is 0 Å². The normalized spacial score (nSPS) is 26.2. The number of hydrogen-bond acceptors (Lipinski definition) is 4. The molecule has 0 aliphatic heterocycles. The molecule has 1 saturated carbocycles. The van der Waals surface area contributed by atoms with Crippen molar-refractivity contribution in [2.24, 2.45) is 11.7 Å². The number of carbonyl (C=O) groups excluding carboxylic acids is 1. The topological polar surface area (TPSA) is 101 Å². The Morgan fingerprint density at radius 2 is 2.10 bits per heavy atom. The average Bonchev–Trinajstić information content (AvgIpc) is 2.41. The van der Waals surface area contributed by atoms with Crippen LogP contribution in [0.1, 0.15) is 43.0 Å². The van der Waals surface area contributed by atoms with Crippen LogP contribution < -0.4 is 16.8 Å². The van der Waals surface area contributed by atoms with E-state index in [0.717, 1.165) is 31.4 Å². The number of rotatable bonds is 4. The molecule has 0 spiro atoms. The summed E-state index contributed by atoms with van der Waals surface area (Å²) in [6.07, 6.45) is 3.71. The van der Waals surface area contributed by atoms with Gasteiger partial charge in [-0.1, -0.05) is 6.92 Å². The molecule has 0 atom stereocenters. The van der Waals surface area contributed by atoms with Crippen LogP contribution in [0, 0.1) is 5.92 Å². The number of amides is 1.